The van der Waals surface area contributed by atoms with Gasteiger partial charge in [-0.25, -0.2) is 13.6 Å². The first-order chi connectivity index (χ1) is 9.93. The van der Waals surface area contributed by atoms with E-state index in [0.717, 1.165) is 12.1 Å². The van der Waals surface area contributed by atoms with Crippen molar-refractivity contribution in [3.05, 3.63) is 35.4 Å². The van der Waals surface area contributed by atoms with Crippen molar-refractivity contribution in [2.75, 3.05) is 12.0 Å². The minimum atomic E-state index is -1.08. The Morgan fingerprint density at radius 1 is 1.33 bits per heavy atom. The van der Waals surface area contributed by atoms with Crippen molar-refractivity contribution in [2.24, 2.45) is 0 Å². The first kappa shape index (κ1) is 17.4. The molecule has 0 fully saturated rings. The summed E-state index contributed by atoms with van der Waals surface area (Å²) in [7, 11) is 0. The van der Waals surface area contributed by atoms with Gasteiger partial charge in [-0.1, -0.05) is 6.07 Å². The van der Waals surface area contributed by atoms with E-state index < -0.39 is 29.6 Å². The predicted octanol–water partition coefficient (Wildman–Crippen LogP) is 2.22. The van der Waals surface area contributed by atoms with Gasteiger partial charge >= 0.3 is 5.97 Å². The summed E-state index contributed by atoms with van der Waals surface area (Å²) < 4.78 is 25.8. The molecule has 1 amide bonds. The van der Waals surface area contributed by atoms with Gasteiger partial charge in [0.15, 0.2) is 11.6 Å². The molecule has 1 atom stereocenters. The Kier molecular flexibility index (Phi) is 7.14. The fourth-order valence-corrected chi connectivity index (χ4v) is 2.18. The fourth-order valence-electron chi connectivity index (χ4n) is 1.71. The lowest BCUT2D eigenvalue weighted by Gasteiger charge is -2.13. The van der Waals surface area contributed by atoms with Crippen LogP contribution < -0.4 is 5.32 Å². The Labute approximate surface area is 125 Å². The van der Waals surface area contributed by atoms with Gasteiger partial charge in [0.2, 0.25) is 5.91 Å². The van der Waals surface area contributed by atoms with Gasteiger partial charge in [-0.2, -0.15) is 11.8 Å². The summed E-state index contributed by atoms with van der Waals surface area (Å²) in [6.45, 7) is 0. The number of carbonyl (C=O) groups is 2. The highest BCUT2D eigenvalue weighted by Gasteiger charge is 2.19. The molecule has 0 saturated carbocycles. The van der Waals surface area contributed by atoms with Crippen LogP contribution in [-0.2, 0) is 16.0 Å². The van der Waals surface area contributed by atoms with Gasteiger partial charge in [-0.05, 0) is 42.5 Å². The van der Waals surface area contributed by atoms with Crippen LogP contribution >= 0.6 is 11.8 Å². The Morgan fingerprint density at radius 2 is 2.05 bits per heavy atom. The summed E-state index contributed by atoms with van der Waals surface area (Å²) in [5, 5.41) is 11.4. The molecule has 1 aromatic rings. The molecule has 1 aromatic carbocycles. The van der Waals surface area contributed by atoms with Crippen molar-refractivity contribution >= 4 is 23.6 Å². The summed E-state index contributed by atoms with van der Waals surface area (Å²) in [5.41, 5.74) is 0.486. The second kappa shape index (κ2) is 8.61. The number of nitrogens with one attached hydrogen (secondary N) is 1. The Bertz CT molecular complexity index is 511. The molecule has 0 unspecified atom stereocenters. The molecule has 0 heterocycles. The smallest absolute Gasteiger partial charge is 0.326 e. The van der Waals surface area contributed by atoms with Crippen molar-refractivity contribution in [3.63, 3.8) is 0 Å². The zero-order valence-corrected chi connectivity index (χ0v) is 12.4. The van der Waals surface area contributed by atoms with Crippen molar-refractivity contribution < 1.29 is 23.5 Å². The maximum atomic E-state index is 13.0. The molecular formula is C14H17F2NO3S. The fraction of sp³-hybridized carbons (Fsp3) is 0.429. The molecule has 0 aliphatic rings. The van der Waals surface area contributed by atoms with Crippen LogP contribution in [0, 0.1) is 11.6 Å². The standard InChI is InChI=1S/C14H17F2NO3S/c1-21-7-6-12(14(19)20)17-13(18)5-3-9-2-4-10(15)11(16)8-9/h2,4,8,12H,3,5-7H2,1H3,(H,17,18)(H,19,20)/t12-/m0/s1. The summed E-state index contributed by atoms with van der Waals surface area (Å²) in [6, 6.07) is 2.51. The zero-order valence-electron chi connectivity index (χ0n) is 11.6. The SMILES string of the molecule is CSCC[C@H](NC(=O)CCc1ccc(F)c(F)c1)C(=O)O. The van der Waals surface area contributed by atoms with Gasteiger partial charge in [0.1, 0.15) is 6.04 Å². The number of hydrogen-bond donors (Lipinski definition) is 2. The molecule has 4 nitrogen and oxygen atoms in total. The van der Waals surface area contributed by atoms with Crippen molar-refractivity contribution in [1.29, 1.82) is 0 Å². The Hall–Kier alpha value is -1.63. The minimum absolute atomic E-state index is 0.0219. The molecule has 21 heavy (non-hydrogen) atoms. The lowest BCUT2D eigenvalue weighted by Crippen LogP contribution is -2.41. The van der Waals surface area contributed by atoms with Gasteiger partial charge < -0.3 is 10.4 Å². The molecular weight excluding hydrogens is 300 g/mol. The van der Waals surface area contributed by atoms with Crippen molar-refractivity contribution in [1.82, 2.24) is 5.32 Å². The molecule has 0 bridgehead atoms. The predicted molar refractivity (Wildman–Crippen MR) is 77.2 cm³/mol. The van der Waals surface area contributed by atoms with E-state index in [2.05, 4.69) is 5.32 Å². The molecule has 1 rings (SSSR count). The normalized spacial score (nSPS) is 12.0. The summed E-state index contributed by atoms with van der Waals surface area (Å²) >= 11 is 1.50. The van der Waals surface area contributed by atoms with Crippen LogP contribution in [0.4, 0.5) is 8.78 Å². The second-order valence-corrected chi connectivity index (χ2v) is 5.47. The Balaban J connectivity index is 2.48. The van der Waals surface area contributed by atoms with E-state index in [9.17, 15) is 18.4 Å². The molecule has 2 N–H and O–H groups in total. The first-order valence-corrected chi connectivity index (χ1v) is 7.78. The number of hydrogen-bond acceptors (Lipinski definition) is 3. The van der Waals surface area contributed by atoms with Gasteiger partial charge in [-0.15, -0.1) is 0 Å². The number of thioether (sulfide) groups is 1. The van der Waals surface area contributed by atoms with Crippen LogP contribution in [0.2, 0.25) is 0 Å². The number of rotatable bonds is 8. The quantitative estimate of drug-likeness (QED) is 0.771. The van der Waals surface area contributed by atoms with Crippen LogP contribution in [0.3, 0.4) is 0 Å². The number of carboxylic acids is 1. The topological polar surface area (TPSA) is 66.4 Å². The van der Waals surface area contributed by atoms with E-state index in [1.807, 2.05) is 6.26 Å². The number of benzene rings is 1. The molecule has 0 aliphatic heterocycles. The van der Waals surface area contributed by atoms with Gasteiger partial charge in [-0.3, -0.25) is 4.79 Å². The van der Waals surface area contributed by atoms with Crippen LogP contribution in [0.15, 0.2) is 18.2 Å². The maximum absolute atomic E-state index is 13.0. The third-order valence-corrected chi connectivity index (χ3v) is 3.51. The molecule has 116 valence electrons. The van der Waals surface area contributed by atoms with Crippen LogP contribution in [0.25, 0.3) is 0 Å². The summed E-state index contributed by atoms with van der Waals surface area (Å²) in [6.07, 6.45) is 2.43. The largest absolute Gasteiger partial charge is 0.480 e. The van der Waals surface area contributed by atoms with Gasteiger partial charge in [0, 0.05) is 6.42 Å². The number of carbonyl (C=O) groups excluding carboxylic acids is 1. The van der Waals surface area contributed by atoms with Crippen molar-refractivity contribution in [3.8, 4) is 0 Å². The summed E-state index contributed by atoms with van der Waals surface area (Å²) in [5.74, 6) is -2.78. The third kappa shape index (κ3) is 6.12. The van der Waals surface area contributed by atoms with Crippen LogP contribution in [-0.4, -0.2) is 35.0 Å². The Morgan fingerprint density at radius 3 is 2.62 bits per heavy atom. The molecule has 0 spiro atoms. The lowest BCUT2D eigenvalue weighted by molar-refractivity contribution is -0.141. The van der Waals surface area contributed by atoms with E-state index in [0.29, 0.717) is 17.7 Å². The molecule has 0 saturated heterocycles. The second-order valence-electron chi connectivity index (χ2n) is 4.49. The van der Waals surface area contributed by atoms with E-state index in [1.165, 1.54) is 17.8 Å². The molecule has 0 aromatic heterocycles. The number of aliphatic carboxylic acids is 1. The zero-order chi connectivity index (χ0) is 15.8. The highest BCUT2D eigenvalue weighted by atomic mass is 32.2. The molecule has 7 heteroatoms. The van der Waals surface area contributed by atoms with Crippen LogP contribution in [0.5, 0.6) is 0 Å². The summed E-state index contributed by atoms with van der Waals surface area (Å²) in [4.78, 5) is 22.7. The van der Waals surface area contributed by atoms with E-state index in [1.54, 1.807) is 0 Å². The van der Waals surface area contributed by atoms with E-state index in [4.69, 9.17) is 5.11 Å². The van der Waals surface area contributed by atoms with E-state index in [-0.39, 0.29) is 12.8 Å². The van der Waals surface area contributed by atoms with Crippen LogP contribution in [0.1, 0.15) is 18.4 Å². The average Bonchev–Trinajstić information content (AvgIpc) is 2.44. The first-order valence-electron chi connectivity index (χ1n) is 6.39. The minimum Gasteiger partial charge on any atom is -0.480 e. The highest BCUT2D eigenvalue weighted by molar-refractivity contribution is 7.98. The highest BCUT2D eigenvalue weighted by Crippen LogP contribution is 2.10. The monoisotopic (exact) mass is 317 g/mol. The number of amides is 1. The molecule has 0 aliphatic carbocycles. The molecule has 0 radical (unpaired) electrons. The van der Waals surface area contributed by atoms with E-state index >= 15 is 0 Å². The van der Waals surface area contributed by atoms with Gasteiger partial charge in [0.05, 0.1) is 0 Å². The maximum Gasteiger partial charge on any atom is 0.326 e. The average molecular weight is 317 g/mol. The number of aryl methyl sites for hydroxylation is 1. The third-order valence-electron chi connectivity index (χ3n) is 2.87. The van der Waals surface area contributed by atoms with Crippen molar-refractivity contribution in [2.45, 2.75) is 25.3 Å². The number of halogens is 2. The van der Waals surface area contributed by atoms with Gasteiger partial charge in [0.25, 0.3) is 0 Å². The lowest BCUT2D eigenvalue weighted by atomic mass is 10.1. The number of carboxylic acid groups (broad SMARTS) is 1.